The smallest absolute Gasteiger partial charge is 0.244 e. The van der Waals surface area contributed by atoms with Crippen molar-refractivity contribution in [2.75, 3.05) is 24.6 Å². The zero-order valence-electron chi connectivity index (χ0n) is 11.8. The lowest BCUT2D eigenvalue weighted by molar-refractivity contribution is -0.117. The second kappa shape index (κ2) is 6.54. The molecule has 0 spiro atoms. The van der Waals surface area contributed by atoms with E-state index in [1.54, 1.807) is 12.2 Å². The molecule has 2 aliphatic heterocycles. The summed E-state index contributed by atoms with van der Waals surface area (Å²) in [5.74, 6) is -0.0113. The van der Waals surface area contributed by atoms with Crippen LogP contribution in [0, 0.1) is 0 Å². The lowest BCUT2D eigenvalue weighted by atomic mass is 10.1. The number of nitrogens with one attached hydrogen (secondary N) is 1. The van der Waals surface area contributed by atoms with Crippen LogP contribution in [0.4, 0.5) is 0 Å². The van der Waals surface area contributed by atoms with Gasteiger partial charge in [-0.1, -0.05) is 18.2 Å². The molecule has 1 amide bonds. The third kappa shape index (κ3) is 3.93. The highest BCUT2D eigenvalue weighted by Crippen LogP contribution is 2.22. The molecule has 2 saturated heterocycles. The van der Waals surface area contributed by atoms with Gasteiger partial charge in [0.25, 0.3) is 0 Å². The summed E-state index contributed by atoms with van der Waals surface area (Å²) in [7, 11) is -3.05. The number of hydrogen-bond donors (Lipinski definition) is 1. The van der Waals surface area contributed by atoms with E-state index in [4.69, 9.17) is 0 Å². The summed E-state index contributed by atoms with van der Waals surface area (Å²) in [6, 6.07) is -0.359. The number of rotatable bonds is 4. The molecule has 0 aromatic rings. The molecule has 0 radical (unpaired) electrons. The average Bonchev–Trinajstić information content (AvgIpc) is 2.97. The summed E-state index contributed by atoms with van der Waals surface area (Å²) in [5, 5.41) is 2.84. The summed E-state index contributed by atoms with van der Waals surface area (Å²) in [6.45, 7) is 3.73. The molecular weight excluding hydrogens is 276 g/mol. The summed E-state index contributed by atoms with van der Waals surface area (Å²) in [4.78, 5) is 14.0. The van der Waals surface area contributed by atoms with Crippen molar-refractivity contribution in [1.29, 1.82) is 0 Å². The third-order valence-electron chi connectivity index (χ3n) is 3.81. The van der Waals surface area contributed by atoms with Crippen molar-refractivity contribution in [3.05, 3.63) is 24.3 Å². The molecule has 0 bridgehead atoms. The molecular formula is C14H22N2O3S. The van der Waals surface area contributed by atoms with Gasteiger partial charge >= 0.3 is 0 Å². The van der Waals surface area contributed by atoms with Gasteiger partial charge in [-0.2, -0.15) is 0 Å². The van der Waals surface area contributed by atoms with E-state index in [1.165, 1.54) is 6.08 Å². The van der Waals surface area contributed by atoms with Crippen LogP contribution in [-0.2, 0) is 14.6 Å². The van der Waals surface area contributed by atoms with E-state index in [0.717, 1.165) is 25.9 Å². The van der Waals surface area contributed by atoms with Crippen LogP contribution in [0.2, 0.25) is 0 Å². The van der Waals surface area contributed by atoms with E-state index in [9.17, 15) is 13.2 Å². The molecule has 20 heavy (non-hydrogen) atoms. The molecule has 2 rings (SSSR count). The van der Waals surface area contributed by atoms with E-state index in [2.05, 4.69) is 10.2 Å². The monoisotopic (exact) mass is 298 g/mol. The SMILES string of the molecule is C/C=C/C=C\C(=O)N[C@@H]1CS(=O)(=O)C[C@H]1N1CCCC1. The van der Waals surface area contributed by atoms with Gasteiger partial charge in [0.2, 0.25) is 5.91 Å². The maximum absolute atomic E-state index is 11.8. The lowest BCUT2D eigenvalue weighted by Crippen LogP contribution is -2.49. The van der Waals surface area contributed by atoms with Crippen LogP contribution in [0.5, 0.6) is 0 Å². The first-order valence-electron chi connectivity index (χ1n) is 7.06. The minimum absolute atomic E-state index is 0.0529. The Morgan fingerprint density at radius 3 is 2.55 bits per heavy atom. The summed E-state index contributed by atoms with van der Waals surface area (Å²) in [5.41, 5.74) is 0. The second-order valence-electron chi connectivity index (χ2n) is 5.39. The predicted molar refractivity (Wildman–Crippen MR) is 79.1 cm³/mol. The minimum Gasteiger partial charge on any atom is -0.347 e. The highest BCUT2D eigenvalue weighted by molar-refractivity contribution is 7.91. The highest BCUT2D eigenvalue weighted by Gasteiger charge is 2.42. The molecule has 0 aromatic heterocycles. The standard InChI is InChI=1S/C14H22N2O3S/c1-2-3-4-7-14(17)15-12-10-20(18,19)11-13(12)16-8-5-6-9-16/h2-4,7,12-13H,5-6,8-11H2,1H3,(H,15,17)/b3-2+,7-4-/t12-,13-/m1/s1. The molecule has 6 heteroatoms. The third-order valence-corrected chi connectivity index (χ3v) is 5.53. The van der Waals surface area contributed by atoms with Gasteiger partial charge in [-0.15, -0.1) is 0 Å². The van der Waals surface area contributed by atoms with E-state index < -0.39 is 9.84 Å². The van der Waals surface area contributed by atoms with Crippen molar-refractivity contribution in [1.82, 2.24) is 10.2 Å². The van der Waals surface area contributed by atoms with Crippen LogP contribution in [-0.4, -0.2) is 55.9 Å². The topological polar surface area (TPSA) is 66.5 Å². The first kappa shape index (κ1) is 15.3. The Balaban J connectivity index is 2.01. The Labute approximate surface area is 120 Å². The van der Waals surface area contributed by atoms with Gasteiger partial charge in [-0.25, -0.2) is 8.42 Å². The summed E-state index contributed by atoms with van der Waals surface area (Å²) in [6.07, 6.45) is 8.91. The Hall–Kier alpha value is -1.14. The largest absolute Gasteiger partial charge is 0.347 e. The van der Waals surface area contributed by atoms with E-state index in [-0.39, 0.29) is 29.5 Å². The number of carbonyl (C=O) groups is 1. The molecule has 2 heterocycles. The predicted octanol–water partition coefficient (Wildman–Crippen LogP) is 0.496. The Bertz CT molecular complexity index is 505. The number of carbonyl (C=O) groups excluding carboxylic acids is 1. The molecule has 2 fully saturated rings. The molecule has 0 aromatic carbocycles. The Morgan fingerprint density at radius 1 is 1.20 bits per heavy atom. The zero-order chi connectivity index (χ0) is 14.6. The van der Waals surface area contributed by atoms with Crippen LogP contribution in [0.25, 0.3) is 0 Å². The number of amides is 1. The summed E-state index contributed by atoms with van der Waals surface area (Å²) < 4.78 is 23.7. The van der Waals surface area contributed by atoms with Gasteiger partial charge < -0.3 is 5.32 Å². The normalized spacial score (nSPS) is 30.4. The van der Waals surface area contributed by atoms with Crippen molar-refractivity contribution in [3.8, 4) is 0 Å². The molecule has 1 N–H and O–H groups in total. The first-order valence-corrected chi connectivity index (χ1v) is 8.88. The van der Waals surface area contributed by atoms with Crippen molar-refractivity contribution in [3.63, 3.8) is 0 Å². The lowest BCUT2D eigenvalue weighted by Gasteiger charge is -2.28. The summed E-state index contributed by atoms with van der Waals surface area (Å²) >= 11 is 0. The quantitative estimate of drug-likeness (QED) is 0.606. The van der Waals surface area contributed by atoms with E-state index in [1.807, 2.05) is 13.0 Å². The molecule has 2 atom stereocenters. The van der Waals surface area contributed by atoms with Gasteiger partial charge in [-0.3, -0.25) is 9.69 Å². The molecule has 0 aliphatic carbocycles. The number of sulfone groups is 1. The van der Waals surface area contributed by atoms with E-state index >= 15 is 0 Å². The number of nitrogens with zero attached hydrogens (tertiary/aromatic N) is 1. The fourth-order valence-electron chi connectivity index (χ4n) is 2.88. The van der Waals surface area contributed by atoms with Crippen molar-refractivity contribution in [2.24, 2.45) is 0 Å². The zero-order valence-corrected chi connectivity index (χ0v) is 12.6. The molecule has 0 saturated carbocycles. The first-order chi connectivity index (χ1) is 9.52. The average molecular weight is 298 g/mol. The molecule has 2 aliphatic rings. The van der Waals surface area contributed by atoms with Crippen LogP contribution in [0.1, 0.15) is 19.8 Å². The van der Waals surface area contributed by atoms with Crippen molar-refractivity contribution < 1.29 is 13.2 Å². The maximum Gasteiger partial charge on any atom is 0.244 e. The van der Waals surface area contributed by atoms with Crippen LogP contribution >= 0.6 is 0 Å². The van der Waals surface area contributed by atoms with Crippen molar-refractivity contribution in [2.45, 2.75) is 31.8 Å². The number of hydrogen-bond acceptors (Lipinski definition) is 4. The van der Waals surface area contributed by atoms with Gasteiger partial charge in [-0.05, 0) is 32.9 Å². The fourth-order valence-corrected chi connectivity index (χ4v) is 4.84. The number of likely N-dealkylation sites (tertiary alicyclic amines) is 1. The second-order valence-corrected chi connectivity index (χ2v) is 7.54. The Morgan fingerprint density at radius 2 is 1.90 bits per heavy atom. The maximum atomic E-state index is 11.8. The minimum atomic E-state index is -3.05. The van der Waals surface area contributed by atoms with Gasteiger partial charge in [0.05, 0.1) is 17.5 Å². The van der Waals surface area contributed by atoms with Crippen LogP contribution < -0.4 is 5.32 Å². The van der Waals surface area contributed by atoms with E-state index in [0.29, 0.717) is 0 Å². The molecule has 112 valence electrons. The van der Waals surface area contributed by atoms with Crippen LogP contribution in [0.15, 0.2) is 24.3 Å². The molecule has 0 unspecified atom stereocenters. The molecule has 5 nitrogen and oxygen atoms in total. The number of allylic oxidation sites excluding steroid dienone is 3. The van der Waals surface area contributed by atoms with Gasteiger partial charge in [0, 0.05) is 12.1 Å². The Kier molecular flexibility index (Phi) is 4.99. The fraction of sp³-hybridized carbons (Fsp3) is 0.643. The van der Waals surface area contributed by atoms with Gasteiger partial charge in [0.1, 0.15) is 0 Å². The van der Waals surface area contributed by atoms with Crippen LogP contribution in [0.3, 0.4) is 0 Å². The van der Waals surface area contributed by atoms with Crippen molar-refractivity contribution >= 4 is 15.7 Å². The highest BCUT2D eigenvalue weighted by atomic mass is 32.2. The van der Waals surface area contributed by atoms with Gasteiger partial charge in [0.15, 0.2) is 9.84 Å².